The third-order valence-electron chi connectivity index (χ3n) is 2.26. The van der Waals surface area contributed by atoms with E-state index < -0.39 is 0 Å². The number of benzene rings is 1. The van der Waals surface area contributed by atoms with E-state index in [1.807, 2.05) is 25.4 Å². The van der Waals surface area contributed by atoms with Crippen LogP contribution in [0.2, 0.25) is 0 Å². The fourth-order valence-corrected chi connectivity index (χ4v) is 1.84. The van der Waals surface area contributed by atoms with Crippen LogP contribution >= 0.6 is 15.9 Å². The first-order chi connectivity index (χ1) is 8.15. The van der Waals surface area contributed by atoms with Crippen molar-refractivity contribution in [3.8, 4) is 0 Å². The summed E-state index contributed by atoms with van der Waals surface area (Å²) in [4.78, 5) is 11.8. The molecule has 86 valence electrons. The van der Waals surface area contributed by atoms with Gasteiger partial charge in [-0.25, -0.2) is 0 Å². The summed E-state index contributed by atoms with van der Waals surface area (Å²) in [6.07, 6.45) is 6.88. The van der Waals surface area contributed by atoms with Gasteiger partial charge in [-0.3, -0.25) is 9.48 Å². The van der Waals surface area contributed by atoms with Gasteiger partial charge in [-0.05, 0) is 24.3 Å². The summed E-state index contributed by atoms with van der Waals surface area (Å²) in [5, 5.41) is 4.03. The van der Waals surface area contributed by atoms with Crippen molar-refractivity contribution in [2.45, 2.75) is 0 Å². The predicted octanol–water partition coefficient (Wildman–Crippen LogP) is 3.08. The summed E-state index contributed by atoms with van der Waals surface area (Å²) in [6, 6.07) is 7.33. The lowest BCUT2D eigenvalue weighted by molar-refractivity contribution is 0.104. The van der Waals surface area contributed by atoms with Crippen molar-refractivity contribution in [3.05, 3.63) is 58.3 Å². The second-order valence-electron chi connectivity index (χ2n) is 3.66. The third-order valence-corrected chi connectivity index (χ3v) is 2.75. The first kappa shape index (κ1) is 11.8. The van der Waals surface area contributed by atoms with Gasteiger partial charge in [0.15, 0.2) is 5.78 Å². The highest BCUT2D eigenvalue weighted by Gasteiger charge is 2.01. The maximum atomic E-state index is 11.8. The quantitative estimate of drug-likeness (QED) is 0.643. The van der Waals surface area contributed by atoms with Crippen molar-refractivity contribution in [1.29, 1.82) is 0 Å². The van der Waals surface area contributed by atoms with Gasteiger partial charge in [-0.2, -0.15) is 5.10 Å². The number of aromatic nitrogens is 2. The van der Waals surface area contributed by atoms with E-state index in [4.69, 9.17) is 0 Å². The summed E-state index contributed by atoms with van der Waals surface area (Å²) < 4.78 is 2.60. The van der Waals surface area contributed by atoms with E-state index in [2.05, 4.69) is 21.0 Å². The molecule has 0 spiro atoms. The van der Waals surface area contributed by atoms with Crippen LogP contribution in [0.5, 0.6) is 0 Å². The third kappa shape index (κ3) is 3.14. The summed E-state index contributed by atoms with van der Waals surface area (Å²) in [7, 11) is 1.84. The molecule has 0 aliphatic heterocycles. The SMILES string of the molecule is Cn1cc(/C=C\C(=O)c2cccc(Br)c2)cn1. The lowest BCUT2D eigenvalue weighted by Crippen LogP contribution is -1.93. The fourth-order valence-electron chi connectivity index (χ4n) is 1.44. The Morgan fingerprint density at radius 2 is 2.29 bits per heavy atom. The molecule has 1 heterocycles. The van der Waals surface area contributed by atoms with Gasteiger partial charge in [0.2, 0.25) is 0 Å². The zero-order chi connectivity index (χ0) is 12.3. The molecule has 0 fully saturated rings. The molecule has 0 amide bonds. The molecule has 0 unspecified atom stereocenters. The maximum absolute atomic E-state index is 11.8. The van der Waals surface area contributed by atoms with Crippen molar-refractivity contribution >= 4 is 27.8 Å². The number of aryl methyl sites for hydroxylation is 1. The lowest BCUT2D eigenvalue weighted by Gasteiger charge is -1.95. The number of nitrogens with zero attached hydrogens (tertiary/aromatic N) is 2. The number of hydrogen-bond donors (Lipinski definition) is 0. The van der Waals surface area contributed by atoms with Gasteiger partial charge in [0.05, 0.1) is 6.20 Å². The molecule has 2 rings (SSSR count). The van der Waals surface area contributed by atoms with E-state index in [1.54, 1.807) is 35.2 Å². The van der Waals surface area contributed by atoms with Gasteiger partial charge < -0.3 is 0 Å². The minimum atomic E-state index is -0.0184. The summed E-state index contributed by atoms with van der Waals surface area (Å²) in [5.74, 6) is -0.0184. The predicted molar refractivity (Wildman–Crippen MR) is 70.7 cm³/mol. The maximum Gasteiger partial charge on any atom is 0.185 e. The molecule has 0 N–H and O–H groups in total. The van der Waals surface area contributed by atoms with E-state index in [1.165, 1.54) is 0 Å². The van der Waals surface area contributed by atoms with Crippen LogP contribution in [0.3, 0.4) is 0 Å². The topological polar surface area (TPSA) is 34.9 Å². The summed E-state index contributed by atoms with van der Waals surface area (Å²) in [6.45, 7) is 0. The molecule has 1 aromatic heterocycles. The number of carbonyl (C=O) groups is 1. The van der Waals surface area contributed by atoms with Crippen LogP contribution in [0.25, 0.3) is 6.08 Å². The highest BCUT2D eigenvalue weighted by Crippen LogP contribution is 2.13. The van der Waals surface area contributed by atoms with Crippen molar-refractivity contribution in [3.63, 3.8) is 0 Å². The smallest absolute Gasteiger partial charge is 0.185 e. The van der Waals surface area contributed by atoms with E-state index in [0.29, 0.717) is 5.56 Å². The molecular weight excluding hydrogens is 280 g/mol. The lowest BCUT2D eigenvalue weighted by atomic mass is 10.1. The second-order valence-corrected chi connectivity index (χ2v) is 4.57. The molecule has 0 atom stereocenters. The highest BCUT2D eigenvalue weighted by atomic mass is 79.9. The number of rotatable bonds is 3. The van der Waals surface area contributed by atoms with Crippen molar-refractivity contribution in [1.82, 2.24) is 9.78 Å². The van der Waals surface area contributed by atoms with Crippen LogP contribution in [0.15, 0.2) is 47.2 Å². The number of halogens is 1. The van der Waals surface area contributed by atoms with Crippen LogP contribution in [-0.2, 0) is 7.05 Å². The molecular formula is C13H11BrN2O. The minimum absolute atomic E-state index is 0.0184. The summed E-state index contributed by atoms with van der Waals surface area (Å²) in [5.41, 5.74) is 1.58. The fraction of sp³-hybridized carbons (Fsp3) is 0.0769. The van der Waals surface area contributed by atoms with Crippen molar-refractivity contribution in [2.75, 3.05) is 0 Å². The monoisotopic (exact) mass is 290 g/mol. The van der Waals surface area contributed by atoms with Gasteiger partial charge in [-0.1, -0.05) is 28.1 Å². The van der Waals surface area contributed by atoms with E-state index >= 15 is 0 Å². The number of hydrogen-bond acceptors (Lipinski definition) is 2. The van der Waals surface area contributed by atoms with Crippen molar-refractivity contribution < 1.29 is 4.79 Å². The molecule has 4 heteroatoms. The average Bonchev–Trinajstić information content (AvgIpc) is 2.72. The zero-order valence-electron chi connectivity index (χ0n) is 9.30. The molecule has 0 aliphatic carbocycles. The highest BCUT2D eigenvalue weighted by molar-refractivity contribution is 9.10. The van der Waals surface area contributed by atoms with Gasteiger partial charge in [-0.15, -0.1) is 0 Å². The number of ketones is 1. The first-order valence-electron chi connectivity index (χ1n) is 5.12. The van der Waals surface area contributed by atoms with E-state index in [0.717, 1.165) is 10.0 Å². The Morgan fingerprint density at radius 1 is 1.47 bits per heavy atom. The van der Waals surface area contributed by atoms with Crippen LogP contribution in [0.4, 0.5) is 0 Å². The molecule has 3 nitrogen and oxygen atoms in total. The summed E-state index contributed by atoms with van der Waals surface area (Å²) >= 11 is 3.34. The Balaban J connectivity index is 2.14. The molecule has 0 radical (unpaired) electrons. The average molecular weight is 291 g/mol. The van der Waals surface area contributed by atoms with Crippen LogP contribution in [0.1, 0.15) is 15.9 Å². The minimum Gasteiger partial charge on any atom is -0.289 e. The van der Waals surface area contributed by atoms with Crippen LogP contribution < -0.4 is 0 Å². The van der Waals surface area contributed by atoms with Crippen LogP contribution in [-0.4, -0.2) is 15.6 Å². The molecule has 0 bridgehead atoms. The standard InChI is InChI=1S/C13H11BrN2O/c1-16-9-10(8-15-16)5-6-13(17)11-3-2-4-12(14)7-11/h2-9H,1H3/b6-5-. The number of allylic oxidation sites excluding steroid dienone is 1. The van der Waals surface area contributed by atoms with Crippen molar-refractivity contribution in [2.24, 2.45) is 7.05 Å². The van der Waals surface area contributed by atoms with E-state index in [-0.39, 0.29) is 5.78 Å². The molecule has 17 heavy (non-hydrogen) atoms. The Bertz CT molecular complexity index is 572. The molecule has 1 aromatic carbocycles. The zero-order valence-corrected chi connectivity index (χ0v) is 10.9. The largest absolute Gasteiger partial charge is 0.289 e. The first-order valence-corrected chi connectivity index (χ1v) is 5.91. The Hall–Kier alpha value is -1.68. The Kier molecular flexibility index (Phi) is 3.54. The second kappa shape index (κ2) is 5.10. The molecule has 0 saturated heterocycles. The normalized spacial score (nSPS) is 10.9. The van der Waals surface area contributed by atoms with Gasteiger partial charge in [0.1, 0.15) is 0 Å². The van der Waals surface area contributed by atoms with E-state index in [9.17, 15) is 4.79 Å². The van der Waals surface area contributed by atoms with Gasteiger partial charge in [0.25, 0.3) is 0 Å². The molecule has 0 saturated carbocycles. The van der Waals surface area contributed by atoms with Gasteiger partial charge >= 0.3 is 0 Å². The Labute approximate surface area is 108 Å². The molecule has 0 aliphatic rings. The Morgan fingerprint density at radius 3 is 2.94 bits per heavy atom. The molecule has 2 aromatic rings. The number of carbonyl (C=O) groups excluding carboxylic acids is 1. The van der Waals surface area contributed by atoms with Crippen LogP contribution in [0, 0.1) is 0 Å². The van der Waals surface area contributed by atoms with Gasteiger partial charge in [0, 0.05) is 28.8 Å².